The monoisotopic (exact) mass is 146 g/mol. The normalized spacial score (nSPS) is 11.6. The lowest BCUT2D eigenvalue weighted by molar-refractivity contribution is -0.245. The van der Waals surface area contributed by atoms with Crippen molar-refractivity contribution in [1.82, 2.24) is 0 Å². The zero-order valence-electron chi connectivity index (χ0n) is 6.68. The first-order chi connectivity index (χ1) is 4.50. The predicted molar refractivity (Wildman–Crippen MR) is 37.7 cm³/mol. The molecule has 10 heavy (non-hydrogen) atoms. The second-order valence-electron chi connectivity index (χ2n) is 3.02. The van der Waals surface area contributed by atoms with Crippen LogP contribution in [0.3, 0.4) is 0 Å². The maximum absolute atomic E-state index is 10.8. The van der Waals surface area contributed by atoms with Crippen LogP contribution in [-0.4, -0.2) is 17.6 Å². The third kappa shape index (κ3) is 2.94. The smallest absolute Gasteiger partial charge is 0.135 e. The molecule has 3 nitrogen and oxygen atoms in total. The van der Waals surface area contributed by atoms with E-state index >= 15 is 0 Å². The van der Waals surface area contributed by atoms with Gasteiger partial charge in [0.25, 0.3) is 0 Å². The second-order valence-corrected chi connectivity index (χ2v) is 3.02. The van der Waals surface area contributed by atoms with E-state index in [1.165, 1.54) is 6.92 Å². The summed E-state index contributed by atoms with van der Waals surface area (Å²) < 4.78 is 0. The summed E-state index contributed by atoms with van der Waals surface area (Å²) >= 11 is 0. The maximum Gasteiger partial charge on any atom is 0.135 e. The van der Waals surface area contributed by atoms with Gasteiger partial charge in [0, 0.05) is 5.41 Å². The quantitative estimate of drug-likeness (QED) is 0.482. The average Bonchev–Trinajstić information content (AvgIpc) is 1.84. The van der Waals surface area contributed by atoms with Crippen molar-refractivity contribution in [3.8, 4) is 0 Å². The molecule has 0 spiro atoms. The Kier molecular flexibility index (Phi) is 3.53. The van der Waals surface area contributed by atoms with Gasteiger partial charge in [0.05, 0.1) is 6.61 Å². The fraction of sp³-hybridized carbons (Fsp3) is 0.857. The van der Waals surface area contributed by atoms with E-state index in [0.717, 1.165) is 0 Å². The lowest BCUT2D eigenvalue weighted by Gasteiger charge is -2.19. The van der Waals surface area contributed by atoms with Crippen LogP contribution in [0.4, 0.5) is 0 Å². The Morgan fingerprint density at radius 2 is 2.10 bits per heavy atom. The van der Waals surface area contributed by atoms with Crippen molar-refractivity contribution in [2.24, 2.45) is 5.41 Å². The van der Waals surface area contributed by atoms with E-state index in [0.29, 0.717) is 6.42 Å². The first kappa shape index (κ1) is 9.59. The molecular formula is C7H14O3. The molecule has 3 heteroatoms. The standard InChI is InChI=1S/C7H14O3/c1-6(8)7(2,3)4-5-10-9/h9H,4-5H2,1-3H3. The van der Waals surface area contributed by atoms with E-state index in [9.17, 15) is 4.79 Å². The number of ketones is 1. The molecule has 0 unspecified atom stereocenters. The molecular weight excluding hydrogens is 132 g/mol. The SMILES string of the molecule is CC(=O)C(C)(C)CCOO. The highest BCUT2D eigenvalue weighted by molar-refractivity contribution is 5.81. The van der Waals surface area contributed by atoms with E-state index in [4.69, 9.17) is 5.26 Å². The number of hydrogen-bond acceptors (Lipinski definition) is 3. The molecule has 60 valence electrons. The molecule has 0 saturated carbocycles. The van der Waals surface area contributed by atoms with Crippen LogP contribution in [0.15, 0.2) is 0 Å². The van der Waals surface area contributed by atoms with Crippen LogP contribution in [0, 0.1) is 5.41 Å². The minimum atomic E-state index is -0.372. The van der Waals surface area contributed by atoms with Gasteiger partial charge in [0.1, 0.15) is 5.78 Å². The molecule has 0 aromatic carbocycles. The van der Waals surface area contributed by atoms with E-state index in [-0.39, 0.29) is 17.8 Å². The van der Waals surface area contributed by atoms with Crippen molar-refractivity contribution in [3.05, 3.63) is 0 Å². The van der Waals surface area contributed by atoms with Gasteiger partial charge in [-0.3, -0.25) is 10.1 Å². The van der Waals surface area contributed by atoms with Crippen molar-refractivity contribution >= 4 is 5.78 Å². The van der Waals surface area contributed by atoms with Gasteiger partial charge in [-0.2, -0.15) is 0 Å². The minimum absolute atomic E-state index is 0.115. The lowest BCUT2D eigenvalue weighted by atomic mass is 9.86. The Labute approximate surface area is 60.9 Å². The van der Waals surface area contributed by atoms with Gasteiger partial charge in [0.15, 0.2) is 0 Å². The molecule has 0 atom stereocenters. The van der Waals surface area contributed by atoms with E-state index < -0.39 is 0 Å². The molecule has 0 fully saturated rings. The maximum atomic E-state index is 10.8. The fourth-order valence-electron chi connectivity index (χ4n) is 0.477. The van der Waals surface area contributed by atoms with E-state index in [1.54, 1.807) is 0 Å². The molecule has 0 bridgehead atoms. The van der Waals surface area contributed by atoms with Crippen LogP contribution in [0.1, 0.15) is 27.2 Å². The van der Waals surface area contributed by atoms with Gasteiger partial charge in [0.2, 0.25) is 0 Å². The Morgan fingerprint density at radius 1 is 1.60 bits per heavy atom. The number of rotatable bonds is 4. The number of carbonyl (C=O) groups is 1. The average molecular weight is 146 g/mol. The van der Waals surface area contributed by atoms with Crippen LogP contribution in [0.25, 0.3) is 0 Å². The molecule has 0 heterocycles. The van der Waals surface area contributed by atoms with Gasteiger partial charge < -0.3 is 0 Å². The number of carbonyl (C=O) groups excluding carboxylic acids is 1. The minimum Gasteiger partial charge on any atom is -0.299 e. The summed E-state index contributed by atoms with van der Waals surface area (Å²) in [6, 6.07) is 0. The Balaban J connectivity index is 3.75. The molecule has 0 amide bonds. The first-order valence-electron chi connectivity index (χ1n) is 3.28. The summed E-state index contributed by atoms with van der Waals surface area (Å²) in [6.45, 7) is 5.41. The predicted octanol–water partition coefficient (Wildman–Crippen LogP) is 1.48. The molecule has 0 saturated heterocycles. The van der Waals surface area contributed by atoms with Crippen molar-refractivity contribution in [1.29, 1.82) is 0 Å². The van der Waals surface area contributed by atoms with E-state index in [2.05, 4.69) is 4.89 Å². The summed E-state index contributed by atoms with van der Waals surface area (Å²) in [7, 11) is 0. The fourth-order valence-corrected chi connectivity index (χ4v) is 0.477. The van der Waals surface area contributed by atoms with Crippen molar-refractivity contribution in [2.45, 2.75) is 27.2 Å². The lowest BCUT2D eigenvalue weighted by Crippen LogP contribution is -2.22. The van der Waals surface area contributed by atoms with Crippen molar-refractivity contribution in [2.75, 3.05) is 6.61 Å². The second kappa shape index (κ2) is 3.68. The van der Waals surface area contributed by atoms with Crippen LogP contribution >= 0.6 is 0 Å². The van der Waals surface area contributed by atoms with Gasteiger partial charge >= 0.3 is 0 Å². The zero-order valence-corrected chi connectivity index (χ0v) is 6.68. The topological polar surface area (TPSA) is 46.5 Å². The number of Topliss-reactive ketones (excluding diaryl/α,β-unsaturated/α-hetero) is 1. The largest absolute Gasteiger partial charge is 0.299 e. The summed E-state index contributed by atoms with van der Waals surface area (Å²) in [5.74, 6) is 0.115. The molecule has 1 N–H and O–H groups in total. The first-order valence-corrected chi connectivity index (χ1v) is 3.28. The van der Waals surface area contributed by atoms with Crippen molar-refractivity contribution < 1.29 is 14.9 Å². The Hall–Kier alpha value is -0.410. The highest BCUT2D eigenvalue weighted by Crippen LogP contribution is 2.20. The molecule has 0 aromatic heterocycles. The van der Waals surface area contributed by atoms with Crippen LogP contribution < -0.4 is 0 Å². The Morgan fingerprint density at radius 3 is 2.40 bits per heavy atom. The highest BCUT2D eigenvalue weighted by atomic mass is 17.1. The van der Waals surface area contributed by atoms with Crippen LogP contribution in [0.2, 0.25) is 0 Å². The molecule has 0 radical (unpaired) electrons. The van der Waals surface area contributed by atoms with Gasteiger partial charge in [-0.05, 0) is 13.3 Å². The molecule has 0 rings (SSSR count). The van der Waals surface area contributed by atoms with Crippen molar-refractivity contribution in [3.63, 3.8) is 0 Å². The molecule has 0 aromatic rings. The molecule has 0 aliphatic carbocycles. The third-order valence-corrected chi connectivity index (χ3v) is 1.77. The highest BCUT2D eigenvalue weighted by Gasteiger charge is 2.22. The van der Waals surface area contributed by atoms with Crippen LogP contribution in [0.5, 0.6) is 0 Å². The summed E-state index contributed by atoms with van der Waals surface area (Å²) in [5, 5.41) is 8.00. The van der Waals surface area contributed by atoms with E-state index in [1.807, 2.05) is 13.8 Å². The summed E-state index contributed by atoms with van der Waals surface area (Å²) in [6.07, 6.45) is 0.554. The van der Waals surface area contributed by atoms with Crippen LogP contribution in [-0.2, 0) is 9.68 Å². The van der Waals surface area contributed by atoms with Gasteiger partial charge in [-0.25, -0.2) is 4.89 Å². The third-order valence-electron chi connectivity index (χ3n) is 1.77. The molecule has 0 aliphatic heterocycles. The summed E-state index contributed by atoms with van der Waals surface area (Å²) in [5.41, 5.74) is -0.372. The zero-order chi connectivity index (χ0) is 8.20. The van der Waals surface area contributed by atoms with Gasteiger partial charge in [-0.15, -0.1) is 0 Å². The Bertz CT molecular complexity index is 118. The van der Waals surface area contributed by atoms with Gasteiger partial charge in [-0.1, -0.05) is 13.8 Å². The number of hydrogen-bond donors (Lipinski definition) is 1. The molecule has 0 aliphatic rings. The summed E-state index contributed by atoms with van der Waals surface area (Å²) in [4.78, 5) is 14.7.